The third-order valence-electron chi connectivity index (χ3n) is 2.41. The molecular weight excluding hydrogens is 196 g/mol. The molecule has 1 aromatic carbocycles. The van der Waals surface area contributed by atoms with Gasteiger partial charge >= 0.3 is 0 Å². The van der Waals surface area contributed by atoms with Crippen molar-refractivity contribution in [3.63, 3.8) is 0 Å². The summed E-state index contributed by atoms with van der Waals surface area (Å²) in [6.45, 7) is 4.92. The van der Waals surface area contributed by atoms with Gasteiger partial charge in [-0.2, -0.15) is 0 Å². The Hall–Kier alpha value is -1.83. The summed E-state index contributed by atoms with van der Waals surface area (Å²) in [5.74, 6) is 0.946. The first-order valence-electron chi connectivity index (χ1n) is 5.47. The van der Waals surface area contributed by atoms with Crippen LogP contribution in [0.25, 0.3) is 0 Å². The zero-order chi connectivity index (χ0) is 11.4. The SMILES string of the molecule is Cc1cc(C)nc(NCc2ccccc2)c1. The molecular formula is C14H16N2. The van der Waals surface area contributed by atoms with Crippen molar-refractivity contribution in [2.45, 2.75) is 20.4 Å². The first kappa shape index (κ1) is 10.7. The van der Waals surface area contributed by atoms with Gasteiger partial charge in [-0.05, 0) is 37.1 Å². The number of anilines is 1. The summed E-state index contributed by atoms with van der Waals surface area (Å²) in [5.41, 5.74) is 3.56. The van der Waals surface area contributed by atoms with Gasteiger partial charge < -0.3 is 5.32 Å². The Labute approximate surface area is 96.4 Å². The van der Waals surface area contributed by atoms with Crippen LogP contribution >= 0.6 is 0 Å². The highest BCUT2D eigenvalue weighted by Gasteiger charge is 1.97. The minimum Gasteiger partial charge on any atom is -0.366 e. The highest BCUT2D eigenvalue weighted by atomic mass is 15.0. The molecule has 0 saturated heterocycles. The molecule has 0 aliphatic rings. The molecule has 0 atom stereocenters. The summed E-state index contributed by atoms with van der Waals surface area (Å²) in [5, 5.41) is 3.33. The van der Waals surface area contributed by atoms with Crippen LogP contribution in [0.15, 0.2) is 42.5 Å². The fourth-order valence-corrected chi connectivity index (χ4v) is 1.72. The largest absolute Gasteiger partial charge is 0.366 e. The summed E-state index contributed by atoms with van der Waals surface area (Å²) in [6, 6.07) is 14.5. The number of rotatable bonds is 3. The molecule has 16 heavy (non-hydrogen) atoms. The summed E-state index contributed by atoms with van der Waals surface area (Å²) in [4.78, 5) is 4.44. The van der Waals surface area contributed by atoms with E-state index in [0.717, 1.165) is 18.1 Å². The van der Waals surface area contributed by atoms with Crippen LogP contribution in [0.4, 0.5) is 5.82 Å². The molecule has 0 saturated carbocycles. The van der Waals surface area contributed by atoms with Gasteiger partial charge in [0, 0.05) is 12.2 Å². The van der Waals surface area contributed by atoms with Gasteiger partial charge in [-0.25, -0.2) is 4.98 Å². The number of aromatic nitrogens is 1. The van der Waals surface area contributed by atoms with Gasteiger partial charge in [0.25, 0.3) is 0 Å². The van der Waals surface area contributed by atoms with Crippen LogP contribution in [-0.2, 0) is 6.54 Å². The molecule has 0 spiro atoms. The third kappa shape index (κ3) is 2.83. The van der Waals surface area contributed by atoms with E-state index in [2.05, 4.69) is 41.5 Å². The van der Waals surface area contributed by atoms with Gasteiger partial charge in [-0.3, -0.25) is 0 Å². The Bertz CT molecular complexity index is 443. The number of nitrogens with one attached hydrogen (secondary N) is 1. The van der Waals surface area contributed by atoms with Crippen LogP contribution in [0.5, 0.6) is 0 Å². The Morgan fingerprint density at radius 2 is 1.81 bits per heavy atom. The van der Waals surface area contributed by atoms with Gasteiger partial charge in [0.05, 0.1) is 0 Å². The molecule has 0 radical (unpaired) electrons. The topological polar surface area (TPSA) is 24.9 Å². The zero-order valence-electron chi connectivity index (χ0n) is 9.70. The van der Waals surface area contributed by atoms with E-state index < -0.39 is 0 Å². The van der Waals surface area contributed by atoms with Gasteiger partial charge in [0.2, 0.25) is 0 Å². The van der Waals surface area contributed by atoms with Gasteiger partial charge in [-0.1, -0.05) is 30.3 Å². The fraction of sp³-hybridized carbons (Fsp3) is 0.214. The van der Waals surface area contributed by atoms with Gasteiger partial charge in [0.15, 0.2) is 0 Å². The molecule has 2 rings (SSSR count). The lowest BCUT2D eigenvalue weighted by Gasteiger charge is -2.07. The van der Waals surface area contributed by atoms with Crippen molar-refractivity contribution in [2.24, 2.45) is 0 Å². The average molecular weight is 212 g/mol. The highest BCUT2D eigenvalue weighted by molar-refractivity contribution is 5.39. The lowest BCUT2D eigenvalue weighted by Crippen LogP contribution is -2.02. The van der Waals surface area contributed by atoms with E-state index in [9.17, 15) is 0 Å². The van der Waals surface area contributed by atoms with Crippen LogP contribution < -0.4 is 5.32 Å². The zero-order valence-corrected chi connectivity index (χ0v) is 9.70. The van der Waals surface area contributed by atoms with Crippen molar-refractivity contribution in [1.29, 1.82) is 0 Å². The summed E-state index contributed by atoms with van der Waals surface area (Å²) < 4.78 is 0. The van der Waals surface area contributed by atoms with E-state index >= 15 is 0 Å². The van der Waals surface area contributed by atoms with Crippen LogP contribution in [0, 0.1) is 13.8 Å². The monoisotopic (exact) mass is 212 g/mol. The average Bonchev–Trinajstić information content (AvgIpc) is 2.27. The maximum Gasteiger partial charge on any atom is 0.126 e. The second-order valence-corrected chi connectivity index (χ2v) is 4.01. The van der Waals surface area contributed by atoms with Crippen molar-refractivity contribution in [2.75, 3.05) is 5.32 Å². The van der Waals surface area contributed by atoms with Crippen molar-refractivity contribution < 1.29 is 0 Å². The Balaban J connectivity index is 2.05. The first-order chi connectivity index (χ1) is 7.74. The van der Waals surface area contributed by atoms with E-state index in [1.54, 1.807) is 0 Å². The molecule has 0 fully saturated rings. The Morgan fingerprint density at radius 1 is 1.06 bits per heavy atom. The van der Waals surface area contributed by atoms with Crippen molar-refractivity contribution in [3.05, 3.63) is 59.3 Å². The smallest absolute Gasteiger partial charge is 0.126 e. The molecule has 1 aromatic heterocycles. The normalized spacial score (nSPS) is 10.1. The number of aryl methyl sites for hydroxylation is 2. The maximum absolute atomic E-state index is 4.44. The Morgan fingerprint density at radius 3 is 2.50 bits per heavy atom. The molecule has 2 nitrogen and oxygen atoms in total. The molecule has 2 heteroatoms. The lowest BCUT2D eigenvalue weighted by molar-refractivity contribution is 1.08. The number of hydrogen-bond acceptors (Lipinski definition) is 2. The van der Waals surface area contributed by atoms with Gasteiger partial charge in [-0.15, -0.1) is 0 Å². The third-order valence-corrected chi connectivity index (χ3v) is 2.41. The predicted molar refractivity (Wildman–Crippen MR) is 67.5 cm³/mol. The molecule has 82 valence electrons. The van der Waals surface area contributed by atoms with Crippen LogP contribution in [0.1, 0.15) is 16.8 Å². The number of pyridine rings is 1. The molecule has 1 N–H and O–H groups in total. The number of nitrogens with zero attached hydrogens (tertiary/aromatic N) is 1. The Kier molecular flexibility index (Phi) is 3.20. The molecule has 0 unspecified atom stereocenters. The fourth-order valence-electron chi connectivity index (χ4n) is 1.72. The molecule has 0 aliphatic heterocycles. The van der Waals surface area contributed by atoms with Crippen molar-refractivity contribution in [1.82, 2.24) is 4.98 Å². The van der Waals surface area contributed by atoms with E-state index in [0.29, 0.717) is 0 Å². The number of benzene rings is 1. The van der Waals surface area contributed by atoms with E-state index in [4.69, 9.17) is 0 Å². The molecule has 0 bridgehead atoms. The minimum atomic E-state index is 0.816. The van der Waals surface area contributed by atoms with Crippen molar-refractivity contribution >= 4 is 5.82 Å². The van der Waals surface area contributed by atoms with Crippen LogP contribution in [0.2, 0.25) is 0 Å². The summed E-state index contributed by atoms with van der Waals surface area (Å²) in [7, 11) is 0. The van der Waals surface area contributed by atoms with E-state index in [-0.39, 0.29) is 0 Å². The quantitative estimate of drug-likeness (QED) is 0.844. The first-order valence-corrected chi connectivity index (χ1v) is 5.47. The van der Waals surface area contributed by atoms with E-state index in [1.807, 2.05) is 25.1 Å². The predicted octanol–water partition coefficient (Wildman–Crippen LogP) is 3.31. The van der Waals surface area contributed by atoms with Gasteiger partial charge in [0.1, 0.15) is 5.82 Å². The molecule has 0 amide bonds. The molecule has 0 aliphatic carbocycles. The van der Waals surface area contributed by atoms with Crippen LogP contribution in [0.3, 0.4) is 0 Å². The standard InChI is InChI=1S/C14H16N2/c1-11-8-12(2)16-14(9-11)15-10-13-6-4-3-5-7-13/h3-9H,10H2,1-2H3,(H,15,16). The van der Waals surface area contributed by atoms with E-state index in [1.165, 1.54) is 11.1 Å². The number of hydrogen-bond donors (Lipinski definition) is 1. The summed E-state index contributed by atoms with van der Waals surface area (Å²) >= 11 is 0. The second kappa shape index (κ2) is 4.79. The van der Waals surface area contributed by atoms with Crippen molar-refractivity contribution in [3.8, 4) is 0 Å². The maximum atomic E-state index is 4.44. The molecule has 2 aromatic rings. The minimum absolute atomic E-state index is 0.816. The van der Waals surface area contributed by atoms with Crippen LogP contribution in [-0.4, -0.2) is 4.98 Å². The highest BCUT2D eigenvalue weighted by Crippen LogP contribution is 2.10. The second-order valence-electron chi connectivity index (χ2n) is 4.01. The summed E-state index contributed by atoms with van der Waals surface area (Å²) in [6.07, 6.45) is 0. The molecule has 1 heterocycles. The lowest BCUT2D eigenvalue weighted by atomic mass is 10.2.